The van der Waals surface area contributed by atoms with Gasteiger partial charge in [0.25, 0.3) is 0 Å². The van der Waals surface area contributed by atoms with Crippen LogP contribution in [0.5, 0.6) is 0 Å². The van der Waals surface area contributed by atoms with Gasteiger partial charge in [-0.2, -0.15) is 0 Å². The molecule has 2 rings (SSSR count). The maximum atomic E-state index is 10.4. The van der Waals surface area contributed by atoms with Crippen LogP contribution in [-0.4, -0.2) is 12.6 Å². The highest BCUT2D eigenvalue weighted by Crippen LogP contribution is 2.35. The summed E-state index contributed by atoms with van der Waals surface area (Å²) in [7, 11) is 0. The highest BCUT2D eigenvalue weighted by molar-refractivity contribution is 9.13. The molecule has 0 N–H and O–H groups in total. The van der Waals surface area contributed by atoms with Crippen LogP contribution in [0.4, 0.5) is 0 Å². The monoisotopic (exact) mass is 486 g/mol. The number of thiophene rings is 2. The number of aldehydes is 2. The van der Waals surface area contributed by atoms with Crippen molar-refractivity contribution in [3.8, 4) is 0 Å². The molecule has 102 valence electrons. The molecule has 0 spiro atoms. The maximum absolute atomic E-state index is 10.4. The van der Waals surface area contributed by atoms with E-state index in [0.29, 0.717) is 0 Å². The van der Waals surface area contributed by atoms with Gasteiger partial charge in [0.15, 0.2) is 12.6 Å². The van der Waals surface area contributed by atoms with Crippen molar-refractivity contribution in [2.24, 2.45) is 0 Å². The molecule has 0 aliphatic carbocycles. The molecule has 0 unspecified atom stereocenters. The first-order valence-corrected chi connectivity index (χ1v) is 9.02. The average Bonchev–Trinajstić information content (AvgIpc) is 2.83. The zero-order valence-electron chi connectivity index (χ0n) is 10.00. The molecule has 0 saturated carbocycles. The van der Waals surface area contributed by atoms with Gasteiger partial charge in [-0.1, -0.05) is 0 Å². The lowest BCUT2D eigenvalue weighted by atomic mass is 10.3. The zero-order valence-corrected chi connectivity index (χ0v) is 16.4. The van der Waals surface area contributed by atoms with Crippen LogP contribution in [-0.2, 0) is 0 Å². The molecular weight excluding hydrogens is 480 g/mol. The summed E-state index contributed by atoms with van der Waals surface area (Å²) in [5, 5.41) is 0. The molecular formula is C12H9Br3O2S2. The van der Waals surface area contributed by atoms with E-state index in [0.717, 1.165) is 45.5 Å². The number of carbonyl (C=O) groups is 2. The van der Waals surface area contributed by atoms with Gasteiger partial charge < -0.3 is 0 Å². The second-order valence-electron chi connectivity index (χ2n) is 3.51. The molecule has 2 aromatic rings. The van der Waals surface area contributed by atoms with Crippen LogP contribution in [0, 0.1) is 13.8 Å². The van der Waals surface area contributed by atoms with Crippen molar-refractivity contribution in [3.63, 3.8) is 0 Å². The number of carbonyl (C=O) groups excluding carboxylic acids is 2. The molecule has 0 aliphatic rings. The molecule has 0 saturated heterocycles. The van der Waals surface area contributed by atoms with Crippen LogP contribution in [0.1, 0.15) is 30.5 Å². The first-order chi connectivity index (χ1) is 8.90. The molecule has 0 amide bonds. The van der Waals surface area contributed by atoms with Crippen LogP contribution >= 0.6 is 70.5 Å². The van der Waals surface area contributed by atoms with Crippen molar-refractivity contribution in [3.05, 3.63) is 39.0 Å². The molecule has 19 heavy (non-hydrogen) atoms. The fourth-order valence-electron chi connectivity index (χ4n) is 1.16. The Kier molecular flexibility index (Phi) is 7.10. The van der Waals surface area contributed by atoms with Crippen LogP contribution in [0.2, 0.25) is 0 Å². The van der Waals surface area contributed by atoms with Gasteiger partial charge in [-0.15, -0.1) is 22.7 Å². The van der Waals surface area contributed by atoms with Gasteiger partial charge in [-0.05, 0) is 78.8 Å². The number of halogens is 3. The molecule has 2 nitrogen and oxygen atoms in total. The lowest BCUT2D eigenvalue weighted by Gasteiger charge is -1.85. The van der Waals surface area contributed by atoms with Gasteiger partial charge in [-0.3, -0.25) is 9.59 Å². The second kappa shape index (κ2) is 7.83. The quantitative estimate of drug-likeness (QED) is 0.484. The van der Waals surface area contributed by atoms with Gasteiger partial charge in [-0.25, -0.2) is 0 Å². The number of rotatable bonds is 2. The fourth-order valence-corrected chi connectivity index (χ4v) is 4.89. The van der Waals surface area contributed by atoms with Crippen LogP contribution < -0.4 is 0 Å². The molecule has 0 aromatic carbocycles. The lowest BCUT2D eigenvalue weighted by Crippen LogP contribution is -1.74. The smallest absolute Gasteiger partial charge is 0.160 e. The van der Waals surface area contributed by atoms with Crippen molar-refractivity contribution in [1.82, 2.24) is 0 Å². The third-order valence-electron chi connectivity index (χ3n) is 2.21. The Morgan fingerprint density at radius 2 is 1.58 bits per heavy atom. The summed E-state index contributed by atoms with van der Waals surface area (Å²) in [6, 6.07) is 1.94. The number of aryl methyl sites for hydroxylation is 1. The van der Waals surface area contributed by atoms with E-state index in [1.54, 1.807) is 0 Å². The Morgan fingerprint density at radius 1 is 1.00 bits per heavy atom. The predicted molar refractivity (Wildman–Crippen MR) is 92.0 cm³/mol. The minimum absolute atomic E-state index is 0.777. The maximum Gasteiger partial charge on any atom is 0.160 e. The third-order valence-corrected chi connectivity index (χ3v) is 7.55. The van der Waals surface area contributed by atoms with Gasteiger partial charge in [0.2, 0.25) is 0 Å². The SMILES string of the molecule is Cc1c(C=O)sc(Br)c1Br.Cc1cc(Br)sc1C=O. The van der Waals surface area contributed by atoms with Crippen molar-refractivity contribution >= 4 is 83.0 Å². The summed E-state index contributed by atoms with van der Waals surface area (Å²) in [5.74, 6) is 0. The second-order valence-corrected chi connectivity index (χ2v) is 9.14. The molecule has 0 bridgehead atoms. The number of hydrogen-bond donors (Lipinski definition) is 0. The standard InChI is InChI=1S/C6H4Br2OS.C6H5BrOS/c1-3-4(2-9)10-6(8)5(3)7;1-4-2-6(7)9-5(4)3-8/h2H,1H3;2-3H,1H3. The van der Waals surface area contributed by atoms with E-state index >= 15 is 0 Å². The highest BCUT2D eigenvalue weighted by Gasteiger charge is 2.08. The van der Waals surface area contributed by atoms with Crippen LogP contribution in [0.25, 0.3) is 0 Å². The highest BCUT2D eigenvalue weighted by atomic mass is 79.9. The van der Waals surface area contributed by atoms with Crippen molar-refractivity contribution < 1.29 is 9.59 Å². The molecule has 0 atom stereocenters. The van der Waals surface area contributed by atoms with Crippen molar-refractivity contribution in [2.75, 3.05) is 0 Å². The van der Waals surface area contributed by atoms with E-state index in [9.17, 15) is 9.59 Å². The van der Waals surface area contributed by atoms with Crippen LogP contribution in [0.3, 0.4) is 0 Å². The molecule has 7 heteroatoms. The van der Waals surface area contributed by atoms with Crippen LogP contribution in [0.15, 0.2) is 18.1 Å². The predicted octanol–water partition coefficient (Wildman–Crippen LogP) is 6.03. The van der Waals surface area contributed by atoms with Gasteiger partial charge >= 0.3 is 0 Å². The molecule has 2 heterocycles. The summed E-state index contributed by atoms with van der Waals surface area (Å²) >= 11 is 12.9. The average molecular weight is 489 g/mol. The topological polar surface area (TPSA) is 34.1 Å². The minimum atomic E-state index is 0.777. The van der Waals surface area contributed by atoms with E-state index in [1.807, 2.05) is 19.9 Å². The lowest BCUT2D eigenvalue weighted by molar-refractivity contribution is 0.111. The summed E-state index contributed by atoms with van der Waals surface area (Å²) < 4.78 is 2.98. The molecule has 0 aliphatic heterocycles. The Hall–Kier alpha value is 0.180. The minimum Gasteiger partial charge on any atom is -0.297 e. The Labute approximate surface area is 144 Å². The summed E-state index contributed by atoms with van der Waals surface area (Å²) in [6.07, 6.45) is 1.75. The zero-order chi connectivity index (χ0) is 14.6. The van der Waals surface area contributed by atoms with Crippen molar-refractivity contribution in [2.45, 2.75) is 13.8 Å². The number of hydrogen-bond acceptors (Lipinski definition) is 4. The van der Waals surface area contributed by atoms with Gasteiger partial charge in [0.05, 0.1) is 17.3 Å². The van der Waals surface area contributed by atoms with E-state index in [-0.39, 0.29) is 0 Å². The van der Waals surface area contributed by atoms with Gasteiger partial charge in [0.1, 0.15) is 0 Å². The van der Waals surface area contributed by atoms with Gasteiger partial charge in [0, 0.05) is 4.47 Å². The molecule has 0 radical (unpaired) electrons. The Morgan fingerprint density at radius 3 is 1.79 bits per heavy atom. The largest absolute Gasteiger partial charge is 0.297 e. The first-order valence-electron chi connectivity index (χ1n) is 5.01. The Balaban J connectivity index is 0.000000191. The van der Waals surface area contributed by atoms with E-state index < -0.39 is 0 Å². The first kappa shape index (κ1) is 17.2. The summed E-state index contributed by atoms with van der Waals surface area (Å²) in [6.45, 7) is 3.83. The normalized spacial score (nSPS) is 9.74. The van der Waals surface area contributed by atoms with E-state index in [2.05, 4.69) is 47.8 Å². The summed E-state index contributed by atoms with van der Waals surface area (Å²) in [5.41, 5.74) is 2.05. The third kappa shape index (κ3) is 4.60. The molecule has 0 fully saturated rings. The van der Waals surface area contributed by atoms with Crippen molar-refractivity contribution in [1.29, 1.82) is 0 Å². The summed E-state index contributed by atoms with van der Waals surface area (Å²) in [4.78, 5) is 22.2. The van der Waals surface area contributed by atoms with E-state index in [4.69, 9.17) is 0 Å². The molecule has 2 aromatic heterocycles. The Bertz CT molecular complexity index is 602. The fraction of sp³-hybridized carbons (Fsp3) is 0.167. The van der Waals surface area contributed by atoms with E-state index in [1.165, 1.54) is 22.7 Å².